The van der Waals surface area contributed by atoms with Gasteiger partial charge in [0.25, 0.3) is 0 Å². The van der Waals surface area contributed by atoms with Crippen molar-refractivity contribution in [1.29, 1.82) is 0 Å². The highest BCUT2D eigenvalue weighted by molar-refractivity contribution is 4.97. The van der Waals surface area contributed by atoms with E-state index in [1.165, 1.54) is 0 Å². The third kappa shape index (κ3) is 5.30. The van der Waals surface area contributed by atoms with Crippen LogP contribution < -0.4 is 22.9 Å². The minimum atomic E-state index is -1.13. The molecule has 0 radical (unpaired) electrons. The Morgan fingerprint density at radius 2 is 1.57 bits per heavy atom. The summed E-state index contributed by atoms with van der Waals surface area (Å²) < 4.78 is 17.6. The second-order valence-corrected chi connectivity index (χ2v) is 8.93. The van der Waals surface area contributed by atoms with Gasteiger partial charge in [0, 0.05) is 12.6 Å². The molecule has 0 aromatic rings. The first-order valence-corrected chi connectivity index (χ1v) is 10.8. The van der Waals surface area contributed by atoms with Gasteiger partial charge in [0.15, 0.2) is 6.29 Å². The number of aliphatic hydroxyl groups is 4. The van der Waals surface area contributed by atoms with Crippen molar-refractivity contribution in [2.24, 2.45) is 28.9 Å². The van der Waals surface area contributed by atoms with Crippen molar-refractivity contribution in [2.75, 3.05) is 13.2 Å². The van der Waals surface area contributed by atoms with E-state index in [4.69, 9.17) is 37.1 Å². The Bertz CT molecular complexity index is 545. The fourth-order valence-corrected chi connectivity index (χ4v) is 4.81. The average Bonchev–Trinajstić information content (AvgIpc) is 2.72. The van der Waals surface area contributed by atoms with Crippen molar-refractivity contribution < 1.29 is 34.6 Å². The van der Waals surface area contributed by atoms with Crippen LogP contribution in [0.4, 0.5) is 0 Å². The van der Waals surface area contributed by atoms with E-state index in [0.717, 1.165) is 12.8 Å². The van der Waals surface area contributed by atoms with Crippen LogP contribution in [0, 0.1) is 5.92 Å². The lowest BCUT2D eigenvalue weighted by Crippen LogP contribution is -2.62. The quantitative estimate of drug-likeness (QED) is 0.205. The van der Waals surface area contributed by atoms with E-state index < -0.39 is 55.0 Å². The standard InChI is InChI=1S/C19H38N4O7/c20-6-14-12(25)5-11(22)19(30-14)28-9-1-2-10(21)8(3-9)4-13-17(26)16(23)18(27)15(7-24)29-13/h8-19,24-27H,1-7,20-23H2/t8-,9?,10+,11?,12-,13+,14+,15?,16?,17?,18+,19-/m0/s1. The smallest absolute Gasteiger partial charge is 0.173 e. The molecule has 11 heteroatoms. The highest BCUT2D eigenvalue weighted by atomic mass is 16.7. The topological polar surface area (TPSA) is 213 Å². The summed E-state index contributed by atoms with van der Waals surface area (Å²) in [5.41, 5.74) is 24.0. The molecule has 0 amide bonds. The minimum Gasteiger partial charge on any atom is -0.394 e. The molecule has 3 fully saturated rings. The van der Waals surface area contributed by atoms with Gasteiger partial charge in [-0.2, -0.15) is 0 Å². The Balaban J connectivity index is 1.59. The normalized spacial score (nSPS) is 50.4. The predicted molar refractivity (Wildman–Crippen MR) is 107 cm³/mol. The summed E-state index contributed by atoms with van der Waals surface area (Å²) in [4.78, 5) is 0. The van der Waals surface area contributed by atoms with Gasteiger partial charge in [0.1, 0.15) is 12.2 Å². The van der Waals surface area contributed by atoms with Crippen LogP contribution in [0.3, 0.4) is 0 Å². The number of hydrogen-bond donors (Lipinski definition) is 8. The maximum atomic E-state index is 10.4. The zero-order valence-electron chi connectivity index (χ0n) is 17.2. The lowest BCUT2D eigenvalue weighted by molar-refractivity contribution is -0.250. The molecular weight excluding hydrogens is 396 g/mol. The molecule has 1 aliphatic carbocycles. The molecular formula is C19H38N4O7. The molecule has 30 heavy (non-hydrogen) atoms. The maximum Gasteiger partial charge on any atom is 0.173 e. The SMILES string of the molecule is NC[C@H]1O[C@H](OC2CC[C@@H](N)[C@H](C[C@H]3OC(CO)[C@@H](O)C(N)C3O)C2)C(N)C[C@@H]1O. The first kappa shape index (κ1) is 24.2. The highest BCUT2D eigenvalue weighted by Gasteiger charge is 2.44. The number of ether oxygens (including phenoxy) is 3. The molecule has 3 aliphatic rings. The van der Waals surface area contributed by atoms with E-state index >= 15 is 0 Å². The van der Waals surface area contributed by atoms with Crippen molar-refractivity contribution in [1.82, 2.24) is 0 Å². The second kappa shape index (κ2) is 10.5. The van der Waals surface area contributed by atoms with E-state index in [1.807, 2.05) is 0 Å². The van der Waals surface area contributed by atoms with Crippen molar-refractivity contribution in [2.45, 2.75) is 99.2 Å². The van der Waals surface area contributed by atoms with Gasteiger partial charge in [-0.15, -0.1) is 0 Å². The molecule has 0 bridgehead atoms. The fraction of sp³-hybridized carbons (Fsp3) is 1.00. The monoisotopic (exact) mass is 434 g/mol. The molecule has 0 aromatic heterocycles. The predicted octanol–water partition coefficient (Wildman–Crippen LogP) is -3.54. The molecule has 2 saturated heterocycles. The molecule has 12 atom stereocenters. The summed E-state index contributed by atoms with van der Waals surface area (Å²) >= 11 is 0. The number of rotatable bonds is 6. The zero-order valence-corrected chi connectivity index (χ0v) is 17.2. The lowest BCUT2D eigenvalue weighted by atomic mass is 9.78. The summed E-state index contributed by atoms with van der Waals surface area (Å²) in [5.74, 6) is -0.0131. The van der Waals surface area contributed by atoms with Crippen LogP contribution in [0.5, 0.6) is 0 Å². The molecule has 0 aromatic carbocycles. The van der Waals surface area contributed by atoms with Gasteiger partial charge in [-0.05, 0) is 38.0 Å². The summed E-state index contributed by atoms with van der Waals surface area (Å²) in [7, 11) is 0. The van der Waals surface area contributed by atoms with Gasteiger partial charge in [0.05, 0.1) is 49.2 Å². The average molecular weight is 435 g/mol. The molecule has 1 saturated carbocycles. The van der Waals surface area contributed by atoms with Crippen LogP contribution in [-0.4, -0.2) is 101 Å². The number of aliphatic hydroxyl groups excluding tert-OH is 4. The van der Waals surface area contributed by atoms with Gasteiger partial charge in [-0.3, -0.25) is 0 Å². The molecule has 176 valence electrons. The molecule has 11 nitrogen and oxygen atoms in total. The summed E-state index contributed by atoms with van der Waals surface area (Å²) in [6.45, 7) is -0.202. The van der Waals surface area contributed by atoms with E-state index in [-0.39, 0.29) is 31.2 Å². The van der Waals surface area contributed by atoms with Crippen LogP contribution in [0.2, 0.25) is 0 Å². The third-order valence-electron chi connectivity index (χ3n) is 6.77. The largest absolute Gasteiger partial charge is 0.394 e. The Kier molecular flexibility index (Phi) is 8.43. The summed E-state index contributed by atoms with van der Waals surface area (Å²) in [6, 6.07) is -1.46. The molecule has 5 unspecified atom stereocenters. The fourth-order valence-electron chi connectivity index (χ4n) is 4.81. The number of hydrogen-bond acceptors (Lipinski definition) is 11. The first-order chi connectivity index (χ1) is 14.2. The van der Waals surface area contributed by atoms with E-state index in [0.29, 0.717) is 19.3 Å². The van der Waals surface area contributed by atoms with Crippen molar-refractivity contribution in [3.63, 3.8) is 0 Å². The summed E-state index contributed by atoms with van der Waals surface area (Å²) in [5, 5.41) is 39.9. The molecule has 12 N–H and O–H groups in total. The van der Waals surface area contributed by atoms with Gasteiger partial charge in [-0.25, -0.2) is 0 Å². The zero-order chi connectivity index (χ0) is 22.0. The van der Waals surface area contributed by atoms with Crippen LogP contribution in [0.25, 0.3) is 0 Å². The Morgan fingerprint density at radius 1 is 0.867 bits per heavy atom. The van der Waals surface area contributed by atoms with Gasteiger partial charge < -0.3 is 57.6 Å². The molecule has 2 heterocycles. The second-order valence-electron chi connectivity index (χ2n) is 8.93. The minimum absolute atomic E-state index is 0.0131. The Hall–Kier alpha value is -0.440. The third-order valence-corrected chi connectivity index (χ3v) is 6.77. The Labute approximate surface area is 176 Å². The van der Waals surface area contributed by atoms with Crippen LogP contribution in [-0.2, 0) is 14.2 Å². The van der Waals surface area contributed by atoms with Crippen molar-refractivity contribution in [3.8, 4) is 0 Å². The van der Waals surface area contributed by atoms with Crippen LogP contribution >= 0.6 is 0 Å². The van der Waals surface area contributed by atoms with Crippen LogP contribution in [0.15, 0.2) is 0 Å². The van der Waals surface area contributed by atoms with Gasteiger partial charge in [0.2, 0.25) is 0 Å². The molecule has 3 rings (SSSR count). The van der Waals surface area contributed by atoms with Crippen molar-refractivity contribution in [3.05, 3.63) is 0 Å². The van der Waals surface area contributed by atoms with Gasteiger partial charge in [-0.1, -0.05) is 0 Å². The highest BCUT2D eigenvalue weighted by Crippen LogP contribution is 2.34. The van der Waals surface area contributed by atoms with Crippen molar-refractivity contribution >= 4 is 0 Å². The van der Waals surface area contributed by atoms with E-state index in [9.17, 15) is 20.4 Å². The number of nitrogens with two attached hydrogens (primary N) is 4. The van der Waals surface area contributed by atoms with Crippen LogP contribution in [0.1, 0.15) is 32.1 Å². The molecule has 2 aliphatic heterocycles. The van der Waals surface area contributed by atoms with Gasteiger partial charge >= 0.3 is 0 Å². The van der Waals surface area contributed by atoms with E-state index in [2.05, 4.69) is 0 Å². The maximum absolute atomic E-state index is 10.4. The molecule has 0 spiro atoms. The first-order valence-electron chi connectivity index (χ1n) is 10.8. The summed E-state index contributed by atoms with van der Waals surface area (Å²) in [6.07, 6.45) is -2.81. The lowest BCUT2D eigenvalue weighted by Gasteiger charge is -2.44. The Morgan fingerprint density at radius 3 is 2.23 bits per heavy atom. The van der Waals surface area contributed by atoms with E-state index in [1.54, 1.807) is 0 Å².